The number of rotatable bonds is 4. The van der Waals surface area contributed by atoms with Crippen molar-refractivity contribution < 1.29 is 19.2 Å². The Kier molecular flexibility index (Phi) is 3.86. The van der Waals surface area contributed by atoms with Crippen molar-refractivity contribution in [1.82, 2.24) is 0 Å². The predicted octanol–water partition coefficient (Wildman–Crippen LogP) is 0.901. The van der Waals surface area contributed by atoms with Gasteiger partial charge >= 0.3 is 11.7 Å². The summed E-state index contributed by atoms with van der Waals surface area (Å²) in [4.78, 5) is 21.3. The molecular formula is C10H12N2O5. The third kappa shape index (κ3) is 2.63. The summed E-state index contributed by atoms with van der Waals surface area (Å²) in [5.41, 5.74) is 5.93. The SMILES string of the molecule is COC(=O)Cc1c(N)ccc([N+](=O)[O-])c1OC. The molecule has 0 atom stereocenters. The van der Waals surface area contributed by atoms with Gasteiger partial charge in [0, 0.05) is 17.3 Å². The van der Waals surface area contributed by atoms with Crippen molar-refractivity contribution in [2.24, 2.45) is 0 Å². The van der Waals surface area contributed by atoms with Crippen molar-refractivity contribution in [3.63, 3.8) is 0 Å². The van der Waals surface area contributed by atoms with Gasteiger partial charge in [-0.1, -0.05) is 0 Å². The second-order valence-corrected chi connectivity index (χ2v) is 3.20. The molecule has 0 spiro atoms. The number of nitrogens with two attached hydrogens (primary N) is 1. The Balaban J connectivity index is 3.30. The van der Waals surface area contributed by atoms with E-state index in [1.54, 1.807) is 0 Å². The minimum atomic E-state index is -0.598. The summed E-state index contributed by atoms with van der Waals surface area (Å²) in [6.45, 7) is 0. The first-order valence-corrected chi connectivity index (χ1v) is 4.67. The highest BCUT2D eigenvalue weighted by atomic mass is 16.6. The Morgan fingerprint density at radius 3 is 2.59 bits per heavy atom. The van der Waals surface area contributed by atoms with Gasteiger partial charge in [0.05, 0.1) is 25.6 Å². The summed E-state index contributed by atoms with van der Waals surface area (Å²) in [7, 11) is 2.50. The van der Waals surface area contributed by atoms with Crippen LogP contribution >= 0.6 is 0 Å². The molecule has 0 aliphatic rings. The van der Waals surface area contributed by atoms with Crippen LogP contribution in [0.4, 0.5) is 11.4 Å². The molecule has 0 fully saturated rings. The molecule has 0 aromatic heterocycles. The van der Waals surface area contributed by atoms with Crippen LogP contribution in [-0.2, 0) is 16.0 Å². The van der Waals surface area contributed by atoms with Crippen molar-refractivity contribution in [3.8, 4) is 5.75 Å². The van der Waals surface area contributed by atoms with Crippen molar-refractivity contribution in [3.05, 3.63) is 27.8 Å². The summed E-state index contributed by atoms with van der Waals surface area (Å²) in [5, 5.41) is 10.8. The van der Waals surface area contributed by atoms with Gasteiger partial charge in [0.2, 0.25) is 5.75 Å². The molecule has 0 radical (unpaired) electrons. The van der Waals surface area contributed by atoms with Gasteiger partial charge in [0.1, 0.15) is 0 Å². The van der Waals surface area contributed by atoms with E-state index in [1.807, 2.05) is 0 Å². The number of hydrogen-bond acceptors (Lipinski definition) is 6. The number of carbonyl (C=O) groups excluding carboxylic acids is 1. The number of nitrogens with zero attached hydrogens (tertiary/aromatic N) is 1. The lowest BCUT2D eigenvalue weighted by Crippen LogP contribution is -2.09. The lowest BCUT2D eigenvalue weighted by Gasteiger charge is -2.10. The Labute approximate surface area is 97.3 Å². The molecule has 0 aliphatic heterocycles. The zero-order valence-corrected chi connectivity index (χ0v) is 9.43. The Bertz CT molecular complexity index is 458. The number of carbonyl (C=O) groups is 1. The fourth-order valence-corrected chi connectivity index (χ4v) is 1.40. The standard InChI is InChI=1S/C10H12N2O5/c1-16-9(13)5-6-7(11)3-4-8(12(14)15)10(6)17-2/h3-4H,5,11H2,1-2H3. The number of benzene rings is 1. The van der Waals surface area contributed by atoms with Gasteiger partial charge in [-0.15, -0.1) is 0 Å². The van der Waals surface area contributed by atoms with Gasteiger partial charge in [0.25, 0.3) is 0 Å². The molecule has 7 nitrogen and oxygen atoms in total. The summed E-state index contributed by atoms with van der Waals surface area (Å²) in [5.74, 6) is -0.559. The molecule has 0 amide bonds. The van der Waals surface area contributed by atoms with E-state index in [9.17, 15) is 14.9 Å². The summed E-state index contributed by atoms with van der Waals surface area (Å²) < 4.78 is 9.42. The van der Waals surface area contributed by atoms with Crippen LogP contribution in [0, 0.1) is 10.1 Å². The number of esters is 1. The molecule has 7 heteroatoms. The molecule has 92 valence electrons. The highest BCUT2D eigenvalue weighted by Gasteiger charge is 2.22. The fourth-order valence-electron chi connectivity index (χ4n) is 1.40. The number of nitro groups is 1. The van der Waals surface area contributed by atoms with Crippen LogP contribution in [0.3, 0.4) is 0 Å². The van der Waals surface area contributed by atoms with E-state index in [2.05, 4.69) is 4.74 Å². The lowest BCUT2D eigenvalue weighted by molar-refractivity contribution is -0.385. The van der Waals surface area contributed by atoms with Crippen LogP contribution < -0.4 is 10.5 Å². The topological polar surface area (TPSA) is 105 Å². The maximum Gasteiger partial charge on any atom is 0.311 e. The number of anilines is 1. The highest BCUT2D eigenvalue weighted by Crippen LogP contribution is 2.34. The average molecular weight is 240 g/mol. The zero-order valence-electron chi connectivity index (χ0n) is 9.43. The zero-order chi connectivity index (χ0) is 13.0. The number of ether oxygens (including phenoxy) is 2. The van der Waals surface area contributed by atoms with Gasteiger partial charge < -0.3 is 15.2 Å². The van der Waals surface area contributed by atoms with Crippen molar-refractivity contribution >= 4 is 17.3 Å². The van der Waals surface area contributed by atoms with Gasteiger partial charge in [-0.2, -0.15) is 0 Å². The first kappa shape index (κ1) is 12.8. The summed E-state index contributed by atoms with van der Waals surface area (Å²) in [6, 6.07) is 2.59. The molecule has 0 saturated carbocycles. The minimum absolute atomic E-state index is 0.0135. The number of hydrogen-bond donors (Lipinski definition) is 1. The summed E-state index contributed by atoms with van der Waals surface area (Å²) in [6.07, 6.45) is -0.173. The minimum Gasteiger partial charge on any atom is -0.490 e. The number of methoxy groups -OCH3 is 2. The van der Waals surface area contributed by atoms with Crippen LogP contribution in [0.2, 0.25) is 0 Å². The normalized spacial score (nSPS) is 9.76. The molecule has 1 aromatic rings. The lowest BCUT2D eigenvalue weighted by atomic mass is 10.1. The van der Waals surface area contributed by atoms with Gasteiger partial charge in [-0.25, -0.2) is 0 Å². The van der Waals surface area contributed by atoms with Crippen LogP contribution in [0.25, 0.3) is 0 Å². The quantitative estimate of drug-likeness (QED) is 0.363. The van der Waals surface area contributed by atoms with E-state index in [0.29, 0.717) is 0 Å². The third-order valence-corrected chi connectivity index (χ3v) is 2.23. The second kappa shape index (κ2) is 5.15. The Morgan fingerprint density at radius 2 is 2.12 bits per heavy atom. The predicted molar refractivity (Wildman–Crippen MR) is 59.8 cm³/mol. The number of nitrogen functional groups attached to an aromatic ring is 1. The Hall–Kier alpha value is -2.31. The molecule has 0 saturated heterocycles. The molecule has 0 unspecified atom stereocenters. The van der Waals surface area contributed by atoms with Crippen molar-refractivity contribution in [1.29, 1.82) is 0 Å². The molecule has 17 heavy (non-hydrogen) atoms. The van der Waals surface area contributed by atoms with Gasteiger partial charge in [-0.05, 0) is 6.07 Å². The largest absolute Gasteiger partial charge is 0.490 e. The van der Waals surface area contributed by atoms with Gasteiger partial charge in [-0.3, -0.25) is 14.9 Å². The summed E-state index contributed by atoms with van der Waals surface area (Å²) >= 11 is 0. The molecule has 0 heterocycles. The van der Waals surface area contributed by atoms with E-state index in [4.69, 9.17) is 10.5 Å². The monoisotopic (exact) mass is 240 g/mol. The van der Waals surface area contributed by atoms with Crippen LogP contribution in [0.15, 0.2) is 12.1 Å². The highest BCUT2D eigenvalue weighted by molar-refractivity contribution is 5.78. The number of nitro benzene ring substituents is 1. The third-order valence-electron chi connectivity index (χ3n) is 2.23. The molecule has 0 bridgehead atoms. The fraction of sp³-hybridized carbons (Fsp3) is 0.300. The van der Waals surface area contributed by atoms with E-state index >= 15 is 0 Å². The van der Waals surface area contributed by atoms with Crippen LogP contribution in [0.1, 0.15) is 5.56 Å². The first-order chi connectivity index (χ1) is 8.01. The van der Waals surface area contributed by atoms with E-state index in [1.165, 1.54) is 26.4 Å². The average Bonchev–Trinajstić information content (AvgIpc) is 2.30. The smallest absolute Gasteiger partial charge is 0.311 e. The van der Waals surface area contributed by atoms with Crippen molar-refractivity contribution in [2.75, 3.05) is 20.0 Å². The van der Waals surface area contributed by atoms with Crippen LogP contribution in [-0.4, -0.2) is 25.1 Å². The maximum absolute atomic E-state index is 11.2. The maximum atomic E-state index is 11.2. The van der Waals surface area contributed by atoms with E-state index in [-0.39, 0.29) is 29.1 Å². The Morgan fingerprint density at radius 1 is 1.47 bits per heavy atom. The molecular weight excluding hydrogens is 228 g/mol. The van der Waals surface area contributed by atoms with E-state index in [0.717, 1.165) is 0 Å². The molecule has 0 aliphatic carbocycles. The first-order valence-electron chi connectivity index (χ1n) is 4.67. The van der Waals surface area contributed by atoms with E-state index < -0.39 is 10.9 Å². The molecule has 2 N–H and O–H groups in total. The van der Waals surface area contributed by atoms with Gasteiger partial charge in [0.15, 0.2) is 0 Å². The second-order valence-electron chi connectivity index (χ2n) is 3.20. The molecule has 1 aromatic carbocycles. The molecule has 1 rings (SSSR count). The van der Waals surface area contributed by atoms with Crippen LogP contribution in [0.5, 0.6) is 5.75 Å². The van der Waals surface area contributed by atoms with Crippen molar-refractivity contribution in [2.45, 2.75) is 6.42 Å².